The third-order valence-electron chi connectivity index (χ3n) is 3.90. The molecule has 0 saturated carbocycles. The van der Waals surface area contributed by atoms with Gasteiger partial charge in [0, 0.05) is 12.1 Å². The van der Waals surface area contributed by atoms with Crippen LogP contribution in [0.5, 0.6) is 0 Å². The second-order valence-corrected chi connectivity index (χ2v) is 7.30. The number of rotatable bonds is 1. The van der Waals surface area contributed by atoms with Crippen LogP contribution in [0.25, 0.3) is 0 Å². The molecule has 0 spiro atoms. The molecule has 1 heterocycles. The highest BCUT2D eigenvalue weighted by Crippen LogP contribution is 2.38. The summed E-state index contributed by atoms with van der Waals surface area (Å²) in [6.07, 6.45) is -18.4. The average Bonchev–Trinajstić information content (AvgIpc) is 2.37. The van der Waals surface area contributed by atoms with E-state index in [4.69, 9.17) is 39.2 Å². The Kier molecular flexibility index (Phi) is 6.16. The topological polar surface area (TPSA) is 32.8 Å². The second-order valence-electron chi connectivity index (χ2n) is 7.30. The molecule has 0 aromatic heterocycles. The van der Waals surface area contributed by atoms with Crippen LogP contribution in [0.4, 0.5) is 31.1 Å². The molecule has 0 aromatic carbocycles. The fourth-order valence-electron chi connectivity index (χ4n) is 2.67. The van der Waals surface area contributed by atoms with Gasteiger partial charge < -0.3 is 14.5 Å². The van der Waals surface area contributed by atoms with Gasteiger partial charge in [0.05, 0.1) is 39.2 Å². The van der Waals surface area contributed by atoms with Gasteiger partial charge in [0.1, 0.15) is 0 Å². The van der Waals surface area contributed by atoms with E-state index in [0.29, 0.717) is 0 Å². The number of ether oxygens (including phenoxy) is 1. The van der Waals surface area contributed by atoms with Gasteiger partial charge in [-0.05, 0) is 37.4 Å². The summed E-state index contributed by atoms with van der Waals surface area (Å²) in [5, 5.41) is -4.42. The lowest BCUT2D eigenvalue weighted by atomic mass is 9.45. The van der Waals surface area contributed by atoms with Crippen molar-refractivity contribution in [1.29, 1.82) is 0 Å². The van der Waals surface area contributed by atoms with Gasteiger partial charge in [0.2, 0.25) is 0 Å². The number of piperazine rings is 1. The lowest BCUT2D eigenvalue weighted by Crippen LogP contribution is -2.81. The van der Waals surface area contributed by atoms with Gasteiger partial charge in [-0.2, -0.15) is 26.3 Å². The van der Waals surface area contributed by atoms with Gasteiger partial charge in [-0.25, -0.2) is 4.79 Å². The monoisotopic (exact) mass is 386 g/mol. The lowest BCUT2D eigenvalue weighted by molar-refractivity contribution is -0.309. The van der Waals surface area contributed by atoms with Crippen LogP contribution in [0.2, 0.25) is 0 Å². The van der Waals surface area contributed by atoms with E-state index in [9.17, 15) is 31.1 Å². The number of alkyl halides is 6. The van der Waals surface area contributed by atoms with Crippen molar-refractivity contribution in [3.05, 3.63) is 0 Å². The molecule has 0 N–H and O–H groups in total. The molecule has 10 radical (unpaired) electrons. The lowest BCUT2D eigenvalue weighted by Gasteiger charge is -2.64. The molecular weight excluding hydrogens is 372 g/mol. The Morgan fingerprint density at radius 3 is 1.78 bits per heavy atom. The molecule has 1 aliphatic heterocycles. The molecule has 0 bridgehead atoms. The third-order valence-corrected chi connectivity index (χ3v) is 3.90. The van der Waals surface area contributed by atoms with Crippen LogP contribution in [0, 0.1) is 0 Å². The SMILES string of the molecule is [B]C1N(C(=O)OC(C(F)(F)F)C(F)(F)F)C([B])([B])CN(C(C)(C)C)C1([B])[B]. The van der Waals surface area contributed by atoms with Gasteiger partial charge in [0.15, 0.2) is 0 Å². The highest BCUT2D eigenvalue weighted by atomic mass is 19.4. The molecule has 1 fully saturated rings. The first-order chi connectivity index (χ1) is 11.6. The fraction of sp³-hybridized carbons (Fsp3) is 0.917. The number of halogens is 6. The van der Waals surface area contributed by atoms with E-state index in [1.165, 1.54) is 4.90 Å². The third kappa shape index (κ3) is 4.95. The van der Waals surface area contributed by atoms with Crippen molar-refractivity contribution in [2.24, 2.45) is 0 Å². The van der Waals surface area contributed by atoms with Crippen molar-refractivity contribution in [2.75, 3.05) is 6.54 Å². The molecule has 1 amide bonds. The minimum atomic E-state index is -5.93. The number of nitrogens with zero attached hydrogens (tertiary/aromatic N) is 2. The summed E-state index contributed by atoms with van der Waals surface area (Å²) < 4.78 is 79.4. The number of hydrogen-bond acceptors (Lipinski definition) is 3. The zero-order chi connectivity index (χ0) is 21.8. The molecular formula is C12H13B5F6N2O2. The van der Waals surface area contributed by atoms with Crippen molar-refractivity contribution < 1.29 is 35.9 Å². The molecule has 1 atom stereocenters. The number of amides is 1. The van der Waals surface area contributed by atoms with E-state index in [1.807, 2.05) is 0 Å². The van der Waals surface area contributed by atoms with Crippen LogP contribution in [0.15, 0.2) is 0 Å². The van der Waals surface area contributed by atoms with E-state index >= 15 is 0 Å². The Bertz CT molecular complexity index is 564. The highest BCUT2D eigenvalue weighted by Gasteiger charge is 2.61. The van der Waals surface area contributed by atoms with Crippen molar-refractivity contribution in [3.8, 4) is 0 Å². The van der Waals surface area contributed by atoms with Crippen molar-refractivity contribution >= 4 is 45.3 Å². The maximum Gasteiger partial charge on any atom is 0.434 e. The summed E-state index contributed by atoms with van der Waals surface area (Å²) in [6, 6.07) is 0. The summed E-state index contributed by atoms with van der Waals surface area (Å²) in [5.41, 5.74) is -0.818. The van der Waals surface area contributed by atoms with Crippen molar-refractivity contribution in [2.45, 2.75) is 61.4 Å². The molecule has 140 valence electrons. The Labute approximate surface area is 159 Å². The van der Waals surface area contributed by atoms with E-state index in [1.54, 1.807) is 20.8 Å². The zero-order valence-electron chi connectivity index (χ0n) is 14.7. The quantitative estimate of drug-likeness (QED) is 0.487. The van der Waals surface area contributed by atoms with E-state index in [2.05, 4.69) is 4.74 Å². The van der Waals surface area contributed by atoms with E-state index in [0.717, 1.165) is 0 Å². The van der Waals surface area contributed by atoms with Gasteiger partial charge in [0.25, 0.3) is 6.10 Å². The molecule has 1 saturated heterocycles. The van der Waals surface area contributed by atoms with Crippen LogP contribution in [-0.2, 0) is 4.74 Å². The maximum absolute atomic E-state index is 12.6. The van der Waals surface area contributed by atoms with Gasteiger partial charge in [-0.1, -0.05) is 0 Å². The molecule has 0 aromatic rings. The predicted molar refractivity (Wildman–Crippen MR) is 88.7 cm³/mol. The molecule has 0 aliphatic carbocycles. The van der Waals surface area contributed by atoms with Crippen LogP contribution in [0.3, 0.4) is 0 Å². The van der Waals surface area contributed by atoms with Crippen molar-refractivity contribution in [3.63, 3.8) is 0 Å². The van der Waals surface area contributed by atoms with Crippen molar-refractivity contribution in [1.82, 2.24) is 9.80 Å². The minimum Gasteiger partial charge on any atom is -0.427 e. The standard InChI is InChI=1S/C12H13B5F6N2O2/c1-8(2,3)24-4-9(14,15)25(6(13)10(24,16)17)7(26)27-5(11(18,19)20)12(21,22)23/h5-6H,4H2,1-3H3. The van der Waals surface area contributed by atoms with Crippen LogP contribution in [0.1, 0.15) is 20.8 Å². The Hall–Kier alpha value is -0.865. The minimum absolute atomic E-state index is 0.0692. The first-order valence-corrected chi connectivity index (χ1v) is 7.45. The van der Waals surface area contributed by atoms with E-state index in [-0.39, 0.29) is 4.90 Å². The Morgan fingerprint density at radius 1 is 1.04 bits per heavy atom. The van der Waals surface area contributed by atoms with Crippen LogP contribution < -0.4 is 0 Å². The Morgan fingerprint density at radius 2 is 1.44 bits per heavy atom. The molecule has 1 aliphatic rings. The highest BCUT2D eigenvalue weighted by molar-refractivity contribution is 6.46. The normalized spacial score (nSPS) is 24.1. The molecule has 15 heteroatoms. The first-order valence-electron chi connectivity index (χ1n) is 7.45. The van der Waals surface area contributed by atoms with Gasteiger partial charge >= 0.3 is 18.4 Å². The molecule has 1 unspecified atom stereocenters. The first kappa shape index (κ1) is 24.2. The molecule has 27 heavy (non-hydrogen) atoms. The zero-order valence-corrected chi connectivity index (χ0v) is 14.7. The predicted octanol–water partition coefficient (Wildman–Crippen LogP) is 0.508. The van der Waals surface area contributed by atoms with E-state index < -0.39 is 53.2 Å². The Balaban J connectivity index is 3.27. The van der Waals surface area contributed by atoms with Gasteiger partial charge in [-0.15, -0.1) is 0 Å². The largest absolute Gasteiger partial charge is 0.434 e. The number of carbonyl (C=O) groups is 1. The summed E-state index contributed by atoms with van der Waals surface area (Å²) in [4.78, 5) is 13.4. The maximum atomic E-state index is 12.6. The molecule has 1 rings (SSSR count). The summed E-state index contributed by atoms with van der Waals surface area (Å²) in [6.45, 7) is 4.36. The fourth-order valence-corrected chi connectivity index (χ4v) is 2.67. The number of carbonyl (C=O) groups excluding carboxylic acids is 1. The average molecular weight is 385 g/mol. The molecule has 4 nitrogen and oxygen atoms in total. The number of hydrogen-bond donors (Lipinski definition) is 0. The van der Waals surface area contributed by atoms with Gasteiger partial charge in [-0.3, -0.25) is 0 Å². The summed E-state index contributed by atoms with van der Waals surface area (Å²) in [5.74, 6) is -1.89. The summed E-state index contributed by atoms with van der Waals surface area (Å²) in [7, 11) is 28.9. The smallest absolute Gasteiger partial charge is 0.427 e. The van der Waals surface area contributed by atoms with Crippen LogP contribution in [-0.4, -0.2) is 102 Å². The second kappa shape index (κ2) is 6.88. The van der Waals surface area contributed by atoms with Crippen LogP contribution >= 0.6 is 0 Å². The summed E-state index contributed by atoms with van der Waals surface area (Å²) >= 11 is 0.